The smallest absolute Gasteiger partial charge is 0.207 e. The van der Waals surface area contributed by atoms with Crippen LogP contribution in [0.1, 0.15) is 50.8 Å². The van der Waals surface area contributed by atoms with E-state index in [9.17, 15) is 5.11 Å². The van der Waals surface area contributed by atoms with Crippen LogP contribution in [0.2, 0.25) is 0 Å². The standard InChI is InChI=1S/C31H39NO3/c1-7-29(24-11-9-8-10-12-24)30(25-13-17-27(18-14-25)34-22-21-32(5)6)26-15-19-28(20-16-26)35-31(4,33)23(2)3/h8-20,23,33H,7,21-22H2,1-6H3/b30-29+/t31-/m0/s1. The van der Waals surface area contributed by atoms with Gasteiger partial charge in [0, 0.05) is 19.4 Å². The van der Waals surface area contributed by atoms with E-state index in [0.29, 0.717) is 12.4 Å². The van der Waals surface area contributed by atoms with Gasteiger partial charge in [-0.2, -0.15) is 0 Å². The van der Waals surface area contributed by atoms with Crippen molar-refractivity contribution in [3.8, 4) is 11.5 Å². The summed E-state index contributed by atoms with van der Waals surface area (Å²) in [6.45, 7) is 9.30. The molecule has 0 saturated heterocycles. The van der Waals surface area contributed by atoms with Gasteiger partial charge in [0.1, 0.15) is 18.1 Å². The van der Waals surface area contributed by atoms with Crippen molar-refractivity contribution >= 4 is 11.1 Å². The average molecular weight is 474 g/mol. The van der Waals surface area contributed by atoms with Crippen LogP contribution >= 0.6 is 0 Å². The second-order valence-electron chi connectivity index (χ2n) is 9.59. The molecule has 0 aromatic heterocycles. The first-order valence-electron chi connectivity index (χ1n) is 12.4. The molecule has 4 nitrogen and oxygen atoms in total. The van der Waals surface area contributed by atoms with Crippen LogP contribution in [0.5, 0.6) is 11.5 Å². The van der Waals surface area contributed by atoms with Gasteiger partial charge < -0.3 is 19.5 Å². The molecule has 3 aromatic rings. The van der Waals surface area contributed by atoms with E-state index in [0.717, 1.165) is 29.8 Å². The van der Waals surface area contributed by atoms with Crippen molar-refractivity contribution in [2.24, 2.45) is 5.92 Å². The third-order valence-electron chi connectivity index (χ3n) is 6.27. The molecule has 0 heterocycles. The van der Waals surface area contributed by atoms with Crippen LogP contribution in [0.4, 0.5) is 0 Å². The van der Waals surface area contributed by atoms with Crippen molar-refractivity contribution in [2.45, 2.75) is 39.9 Å². The molecular formula is C31H39NO3. The zero-order valence-electron chi connectivity index (χ0n) is 21.9. The predicted molar refractivity (Wildman–Crippen MR) is 146 cm³/mol. The minimum atomic E-state index is -1.22. The molecule has 4 heteroatoms. The topological polar surface area (TPSA) is 41.9 Å². The van der Waals surface area contributed by atoms with Crippen LogP contribution < -0.4 is 9.47 Å². The van der Waals surface area contributed by atoms with Gasteiger partial charge in [0.25, 0.3) is 0 Å². The number of nitrogens with zero attached hydrogens (tertiary/aromatic N) is 1. The Morgan fingerprint density at radius 3 is 1.86 bits per heavy atom. The highest BCUT2D eigenvalue weighted by atomic mass is 16.6. The van der Waals surface area contributed by atoms with Gasteiger partial charge in [0.15, 0.2) is 0 Å². The molecule has 0 aliphatic heterocycles. The first kappa shape index (κ1) is 26.5. The van der Waals surface area contributed by atoms with Gasteiger partial charge in [-0.3, -0.25) is 0 Å². The Morgan fingerprint density at radius 1 is 0.829 bits per heavy atom. The summed E-state index contributed by atoms with van der Waals surface area (Å²) in [6.07, 6.45) is 0.890. The maximum atomic E-state index is 10.5. The number of ether oxygens (including phenoxy) is 2. The highest BCUT2D eigenvalue weighted by molar-refractivity contribution is 5.98. The molecule has 1 atom stereocenters. The highest BCUT2D eigenvalue weighted by Crippen LogP contribution is 2.36. The Kier molecular flexibility index (Phi) is 9.13. The molecule has 186 valence electrons. The molecule has 3 aromatic carbocycles. The summed E-state index contributed by atoms with van der Waals surface area (Å²) in [5.74, 6) is 0.267. The molecule has 3 rings (SSSR count). The van der Waals surface area contributed by atoms with E-state index in [4.69, 9.17) is 9.47 Å². The summed E-state index contributed by atoms with van der Waals surface area (Å²) in [4.78, 5) is 2.11. The normalized spacial score (nSPS) is 14.0. The molecular weight excluding hydrogens is 434 g/mol. The Hall–Kier alpha value is -3.08. The third kappa shape index (κ3) is 7.20. The van der Waals surface area contributed by atoms with E-state index in [1.807, 2.05) is 58.3 Å². The number of rotatable bonds is 11. The Labute approximate surface area is 210 Å². The first-order chi connectivity index (χ1) is 16.7. The summed E-state index contributed by atoms with van der Waals surface area (Å²) < 4.78 is 11.8. The zero-order chi connectivity index (χ0) is 25.4. The van der Waals surface area contributed by atoms with Crippen molar-refractivity contribution in [1.29, 1.82) is 0 Å². The van der Waals surface area contributed by atoms with E-state index >= 15 is 0 Å². The van der Waals surface area contributed by atoms with E-state index in [-0.39, 0.29) is 5.92 Å². The van der Waals surface area contributed by atoms with Gasteiger partial charge in [0.05, 0.1) is 0 Å². The van der Waals surface area contributed by atoms with Crippen LogP contribution in [0, 0.1) is 5.92 Å². The minimum absolute atomic E-state index is 0.0270. The molecule has 0 aliphatic rings. The molecule has 0 spiro atoms. The highest BCUT2D eigenvalue weighted by Gasteiger charge is 2.27. The molecule has 35 heavy (non-hydrogen) atoms. The summed E-state index contributed by atoms with van der Waals surface area (Å²) >= 11 is 0. The number of aliphatic hydroxyl groups is 1. The Bertz CT molecular complexity index is 1080. The molecule has 0 fully saturated rings. The summed E-state index contributed by atoms with van der Waals surface area (Å²) in [6, 6.07) is 26.9. The summed E-state index contributed by atoms with van der Waals surface area (Å²) in [5, 5.41) is 10.5. The van der Waals surface area contributed by atoms with Crippen molar-refractivity contribution in [3.63, 3.8) is 0 Å². The fourth-order valence-electron chi connectivity index (χ4n) is 3.79. The lowest BCUT2D eigenvalue weighted by molar-refractivity contribution is -0.154. The minimum Gasteiger partial charge on any atom is -0.492 e. The van der Waals surface area contributed by atoms with Gasteiger partial charge in [-0.15, -0.1) is 0 Å². The van der Waals surface area contributed by atoms with Crippen LogP contribution in [0.3, 0.4) is 0 Å². The quantitative estimate of drug-likeness (QED) is 0.247. The van der Waals surface area contributed by atoms with E-state index in [1.54, 1.807) is 6.92 Å². The SMILES string of the molecule is CC/C(=C(/c1ccc(OCCN(C)C)cc1)c1ccc(O[C@](C)(O)C(C)C)cc1)c1ccccc1. The Morgan fingerprint density at radius 2 is 1.37 bits per heavy atom. The Balaban J connectivity index is 2.00. The fourth-order valence-corrected chi connectivity index (χ4v) is 3.79. The van der Waals surface area contributed by atoms with Crippen molar-refractivity contribution in [2.75, 3.05) is 27.2 Å². The second-order valence-corrected chi connectivity index (χ2v) is 9.59. The fraction of sp³-hybridized carbons (Fsp3) is 0.355. The van der Waals surface area contributed by atoms with Gasteiger partial charge in [-0.25, -0.2) is 0 Å². The number of hydrogen-bond acceptors (Lipinski definition) is 4. The molecule has 0 unspecified atom stereocenters. The largest absolute Gasteiger partial charge is 0.492 e. The maximum Gasteiger partial charge on any atom is 0.207 e. The van der Waals surface area contributed by atoms with Crippen LogP contribution in [0.25, 0.3) is 11.1 Å². The number of likely N-dealkylation sites (N-methyl/N-ethyl adjacent to an activating group) is 1. The van der Waals surface area contributed by atoms with Crippen LogP contribution in [0.15, 0.2) is 78.9 Å². The maximum absolute atomic E-state index is 10.5. The van der Waals surface area contributed by atoms with Gasteiger partial charge in [0.2, 0.25) is 5.79 Å². The first-order valence-corrected chi connectivity index (χ1v) is 12.4. The molecule has 0 aliphatic carbocycles. The summed E-state index contributed by atoms with van der Waals surface area (Å²) in [7, 11) is 4.08. The van der Waals surface area contributed by atoms with Gasteiger partial charge in [-0.05, 0) is 72.6 Å². The summed E-state index contributed by atoms with van der Waals surface area (Å²) in [5.41, 5.74) is 5.90. The monoisotopic (exact) mass is 473 g/mol. The molecule has 0 saturated carbocycles. The third-order valence-corrected chi connectivity index (χ3v) is 6.27. The predicted octanol–water partition coefficient (Wildman–Crippen LogP) is 6.74. The van der Waals surface area contributed by atoms with E-state index in [2.05, 4.69) is 60.4 Å². The molecule has 0 radical (unpaired) electrons. The number of benzene rings is 3. The van der Waals surface area contributed by atoms with Gasteiger partial charge in [-0.1, -0.05) is 75.4 Å². The molecule has 1 N–H and O–H groups in total. The molecule has 0 amide bonds. The van der Waals surface area contributed by atoms with Gasteiger partial charge >= 0.3 is 0 Å². The number of hydrogen-bond donors (Lipinski definition) is 1. The van der Waals surface area contributed by atoms with Crippen LogP contribution in [-0.4, -0.2) is 43.0 Å². The zero-order valence-corrected chi connectivity index (χ0v) is 21.9. The van der Waals surface area contributed by atoms with Crippen molar-refractivity contribution in [3.05, 3.63) is 95.6 Å². The lowest BCUT2D eigenvalue weighted by Gasteiger charge is -2.28. The average Bonchev–Trinajstić information content (AvgIpc) is 2.84. The lowest BCUT2D eigenvalue weighted by atomic mass is 9.88. The molecule has 0 bridgehead atoms. The lowest BCUT2D eigenvalue weighted by Crippen LogP contribution is -2.37. The van der Waals surface area contributed by atoms with Crippen molar-refractivity contribution < 1.29 is 14.6 Å². The van der Waals surface area contributed by atoms with E-state index < -0.39 is 5.79 Å². The van der Waals surface area contributed by atoms with Crippen molar-refractivity contribution in [1.82, 2.24) is 4.90 Å². The second kappa shape index (κ2) is 12.1. The number of allylic oxidation sites excluding steroid dienone is 1. The van der Waals surface area contributed by atoms with Crippen LogP contribution in [-0.2, 0) is 0 Å². The van der Waals surface area contributed by atoms with E-state index in [1.165, 1.54) is 16.7 Å².